The van der Waals surface area contributed by atoms with Crippen LogP contribution in [0.5, 0.6) is 0 Å². The third-order valence-electron chi connectivity index (χ3n) is 4.58. The van der Waals surface area contributed by atoms with Crippen molar-refractivity contribution >= 4 is 11.6 Å². The topological polar surface area (TPSA) is 73.0 Å². The average molecular weight is 354 g/mol. The van der Waals surface area contributed by atoms with Crippen molar-refractivity contribution < 1.29 is 13.6 Å². The lowest BCUT2D eigenvalue weighted by molar-refractivity contribution is -0.116. The Kier molecular flexibility index (Phi) is 4.06. The molecule has 0 atom stereocenters. The fourth-order valence-corrected chi connectivity index (χ4v) is 3.01. The van der Waals surface area contributed by atoms with Gasteiger partial charge in [0.1, 0.15) is 12.4 Å². The highest BCUT2D eigenvalue weighted by Gasteiger charge is 2.30. The van der Waals surface area contributed by atoms with E-state index in [2.05, 4.69) is 15.5 Å². The van der Waals surface area contributed by atoms with Crippen LogP contribution in [0.2, 0.25) is 0 Å². The van der Waals surface area contributed by atoms with Gasteiger partial charge < -0.3 is 14.3 Å². The molecule has 6 nitrogen and oxygen atoms in total. The molecular formula is C19H19FN4O2. The predicted octanol–water partition coefficient (Wildman–Crippen LogP) is 3.81. The Bertz CT molecular complexity index is 972. The van der Waals surface area contributed by atoms with Gasteiger partial charge in [-0.2, -0.15) is 0 Å². The molecule has 1 aliphatic rings. The fraction of sp³-hybridized carbons (Fsp3) is 0.316. The molecule has 1 aromatic carbocycles. The monoisotopic (exact) mass is 354 g/mol. The van der Waals surface area contributed by atoms with E-state index in [0.717, 1.165) is 29.8 Å². The van der Waals surface area contributed by atoms with Gasteiger partial charge in [0, 0.05) is 23.0 Å². The summed E-state index contributed by atoms with van der Waals surface area (Å²) in [7, 11) is 0. The number of anilines is 1. The summed E-state index contributed by atoms with van der Waals surface area (Å²) in [5.74, 6) is 0.955. The van der Waals surface area contributed by atoms with Gasteiger partial charge in [0.25, 0.3) is 0 Å². The number of halogens is 1. The maximum atomic E-state index is 13.2. The molecule has 1 amide bonds. The molecule has 1 fully saturated rings. The number of carbonyl (C=O) groups excluding carboxylic acids is 1. The minimum atomic E-state index is -0.388. The molecule has 0 saturated heterocycles. The van der Waals surface area contributed by atoms with Crippen LogP contribution >= 0.6 is 0 Å². The fourth-order valence-electron chi connectivity index (χ4n) is 3.01. The number of aryl methyl sites for hydroxylation is 1. The Labute approximate surface area is 150 Å². The molecule has 7 heteroatoms. The van der Waals surface area contributed by atoms with Crippen LogP contribution in [-0.2, 0) is 11.3 Å². The summed E-state index contributed by atoms with van der Waals surface area (Å²) >= 11 is 0. The number of hydrogen-bond donors (Lipinski definition) is 1. The van der Waals surface area contributed by atoms with Gasteiger partial charge in [-0.3, -0.25) is 4.79 Å². The minimum absolute atomic E-state index is 0.123. The Morgan fingerprint density at radius 1 is 1.31 bits per heavy atom. The summed E-state index contributed by atoms with van der Waals surface area (Å²) in [5.41, 5.74) is 3.06. The van der Waals surface area contributed by atoms with Gasteiger partial charge in [0.2, 0.25) is 17.7 Å². The van der Waals surface area contributed by atoms with E-state index >= 15 is 0 Å². The van der Waals surface area contributed by atoms with Gasteiger partial charge in [-0.25, -0.2) is 4.39 Å². The zero-order chi connectivity index (χ0) is 18.3. The molecule has 0 aliphatic heterocycles. The lowest BCUT2D eigenvalue weighted by Gasteiger charge is -2.10. The molecule has 0 unspecified atom stereocenters. The van der Waals surface area contributed by atoms with Gasteiger partial charge in [-0.05, 0) is 51.0 Å². The van der Waals surface area contributed by atoms with E-state index in [1.165, 1.54) is 12.1 Å². The number of nitrogens with one attached hydrogen (secondary N) is 1. The summed E-state index contributed by atoms with van der Waals surface area (Å²) in [5, 5.41) is 11.0. The number of rotatable bonds is 5. The van der Waals surface area contributed by atoms with E-state index in [1.807, 2.05) is 24.5 Å². The number of nitrogens with zero attached hydrogens (tertiary/aromatic N) is 3. The molecule has 3 aromatic rings. The molecule has 1 saturated carbocycles. The van der Waals surface area contributed by atoms with E-state index in [4.69, 9.17) is 4.42 Å². The molecule has 0 spiro atoms. The van der Waals surface area contributed by atoms with Gasteiger partial charge >= 0.3 is 0 Å². The van der Waals surface area contributed by atoms with Crippen molar-refractivity contribution in [3.63, 3.8) is 0 Å². The Balaban J connectivity index is 1.53. The van der Waals surface area contributed by atoms with Crippen LogP contribution in [0, 0.1) is 19.7 Å². The van der Waals surface area contributed by atoms with Crippen molar-refractivity contribution in [1.29, 1.82) is 0 Å². The first-order valence-electron chi connectivity index (χ1n) is 8.57. The smallest absolute Gasteiger partial charge is 0.249 e. The molecule has 134 valence electrons. The van der Waals surface area contributed by atoms with Gasteiger partial charge in [0.05, 0.1) is 5.56 Å². The molecule has 0 radical (unpaired) electrons. The number of aromatic nitrogens is 3. The highest BCUT2D eigenvalue weighted by molar-refractivity contribution is 5.90. The van der Waals surface area contributed by atoms with Gasteiger partial charge in [-0.15, -0.1) is 10.2 Å². The molecule has 1 N–H and O–H groups in total. The molecule has 1 aliphatic carbocycles. The third kappa shape index (κ3) is 3.24. The number of hydrogen-bond acceptors (Lipinski definition) is 4. The van der Waals surface area contributed by atoms with E-state index < -0.39 is 0 Å². The first kappa shape index (κ1) is 16.5. The first-order valence-corrected chi connectivity index (χ1v) is 8.57. The molecule has 4 rings (SSSR count). The summed E-state index contributed by atoms with van der Waals surface area (Å²) in [4.78, 5) is 12.3. The highest BCUT2D eigenvalue weighted by atomic mass is 19.1. The normalized spacial score (nSPS) is 13.8. The highest BCUT2D eigenvalue weighted by Crippen LogP contribution is 2.40. The summed E-state index contributed by atoms with van der Waals surface area (Å²) in [6.07, 6.45) is 2.20. The van der Waals surface area contributed by atoms with Crippen LogP contribution in [0.15, 0.2) is 34.7 Å². The van der Waals surface area contributed by atoms with Gasteiger partial charge in [0.15, 0.2) is 0 Å². The molecule has 2 aromatic heterocycles. The van der Waals surface area contributed by atoms with Crippen LogP contribution in [0.25, 0.3) is 11.5 Å². The number of amides is 1. The standard InChI is InChI=1S/C19H19FN4O2/c1-11-8-16(19-23-22-18(26-19)13-6-7-13)12(2)24(11)10-17(25)21-15-5-3-4-14(20)9-15/h3-5,8-9,13H,6-7,10H2,1-2H3,(H,21,25). The second kappa shape index (κ2) is 6.40. The van der Waals surface area contributed by atoms with E-state index in [-0.39, 0.29) is 18.3 Å². The van der Waals surface area contributed by atoms with Crippen molar-refractivity contribution in [3.8, 4) is 11.5 Å². The number of carbonyl (C=O) groups is 1. The summed E-state index contributed by atoms with van der Waals surface area (Å²) < 4.78 is 20.9. The van der Waals surface area contributed by atoms with Crippen LogP contribution in [0.3, 0.4) is 0 Å². The molecule has 0 bridgehead atoms. The molecule has 26 heavy (non-hydrogen) atoms. The summed E-state index contributed by atoms with van der Waals surface area (Å²) in [6.45, 7) is 3.96. The van der Waals surface area contributed by atoms with E-state index in [9.17, 15) is 9.18 Å². The van der Waals surface area contributed by atoms with Crippen molar-refractivity contribution in [2.45, 2.75) is 39.2 Å². The van der Waals surface area contributed by atoms with Crippen LogP contribution in [-0.4, -0.2) is 20.7 Å². The zero-order valence-electron chi connectivity index (χ0n) is 14.6. The van der Waals surface area contributed by atoms with Crippen molar-refractivity contribution in [3.05, 3.63) is 53.4 Å². The SMILES string of the molecule is Cc1cc(-c2nnc(C3CC3)o2)c(C)n1CC(=O)Nc1cccc(F)c1. The zero-order valence-corrected chi connectivity index (χ0v) is 14.6. The lowest BCUT2D eigenvalue weighted by Crippen LogP contribution is -2.20. The molecule has 2 heterocycles. The third-order valence-corrected chi connectivity index (χ3v) is 4.58. The van der Waals surface area contributed by atoms with Gasteiger partial charge in [-0.1, -0.05) is 6.07 Å². The van der Waals surface area contributed by atoms with E-state index in [1.54, 1.807) is 12.1 Å². The average Bonchev–Trinajstić information content (AvgIpc) is 3.27. The Hall–Kier alpha value is -2.96. The van der Waals surface area contributed by atoms with Crippen molar-refractivity contribution in [2.24, 2.45) is 0 Å². The lowest BCUT2D eigenvalue weighted by atomic mass is 10.2. The largest absolute Gasteiger partial charge is 0.420 e. The van der Waals surface area contributed by atoms with E-state index in [0.29, 0.717) is 23.4 Å². The Morgan fingerprint density at radius 3 is 2.85 bits per heavy atom. The summed E-state index contributed by atoms with van der Waals surface area (Å²) in [6, 6.07) is 7.77. The quantitative estimate of drug-likeness (QED) is 0.756. The predicted molar refractivity (Wildman–Crippen MR) is 94.2 cm³/mol. The van der Waals surface area contributed by atoms with Crippen molar-refractivity contribution in [2.75, 3.05) is 5.32 Å². The second-order valence-electron chi connectivity index (χ2n) is 6.65. The van der Waals surface area contributed by atoms with Crippen molar-refractivity contribution in [1.82, 2.24) is 14.8 Å². The second-order valence-corrected chi connectivity index (χ2v) is 6.65. The number of benzene rings is 1. The molecular weight excluding hydrogens is 335 g/mol. The van der Waals surface area contributed by atoms with Crippen LogP contribution < -0.4 is 5.32 Å². The first-order chi connectivity index (χ1) is 12.5. The van der Waals surface area contributed by atoms with Crippen LogP contribution in [0.4, 0.5) is 10.1 Å². The minimum Gasteiger partial charge on any atom is -0.420 e. The Morgan fingerprint density at radius 2 is 2.12 bits per heavy atom. The van der Waals surface area contributed by atoms with Crippen LogP contribution in [0.1, 0.15) is 36.0 Å². The maximum absolute atomic E-state index is 13.2. The maximum Gasteiger partial charge on any atom is 0.249 e.